The van der Waals surface area contributed by atoms with Crippen molar-refractivity contribution >= 4 is 33.4 Å². The number of aromatic carboxylic acids is 1. The van der Waals surface area contributed by atoms with Gasteiger partial charge in [-0.2, -0.15) is 16.1 Å². The van der Waals surface area contributed by atoms with Gasteiger partial charge in [0.25, 0.3) is 0 Å². The molecule has 0 aliphatic rings. The summed E-state index contributed by atoms with van der Waals surface area (Å²) in [4.78, 5) is 10.8. The molecular formula is C13H20N2O4S2. The van der Waals surface area contributed by atoms with Gasteiger partial charge in [0.1, 0.15) is 4.90 Å². The second-order valence-electron chi connectivity index (χ2n) is 4.60. The monoisotopic (exact) mass is 332 g/mol. The molecule has 0 aliphatic heterocycles. The molecule has 8 heteroatoms. The maximum absolute atomic E-state index is 12.6. The summed E-state index contributed by atoms with van der Waals surface area (Å²) in [7, 11) is -2.23. The van der Waals surface area contributed by atoms with Crippen LogP contribution in [0.4, 0.5) is 5.69 Å². The number of nitrogens with zero attached hydrogens (tertiary/aromatic N) is 1. The molecule has 118 valence electrons. The first-order valence-electron chi connectivity index (χ1n) is 6.35. The van der Waals surface area contributed by atoms with Crippen molar-refractivity contribution in [3.8, 4) is 0 Å². The molecule has 0 aliphatic carbocycles. The van der Waals surface area contributed by atoms with E-state index in [1.165, 1.54) is 29.6 Å². The molecule has 0 heterocycles. The predicted molar refractivity (Wildman–Crippen MR) is 85.2 cm³/mol. The Morgan fingerprint density at radius 1 is 1.48 bits per heavy atom. The van der Waals surface area contributed by atoms with Gasteiger partial charge in [0.15, 0.2) is 0 Å². The molecule has 1 aromatic carbocycles. The topological polar surface area (TPSA) is 101 Å². The maximum Gasteiger partial charge on any atom is 0.335 e. The Morgan fingerprint density at radius 2 is 2.10 bits per heavy atom. The Balaban J connectivity index is 3.21. The number of benzene rings is 1. The van der Waals surface area contributed by atoms with Crippen LogP contribution >= 0.6 is 11.8 Å². The normalized spacial score (nSPS) is 13.3. The minimum atomic E-state index is -3.74. The number of hydrogen-bond donors (Lipinski definition) is 2. The Kier molecular flexibility index (Phi) is 6.06. The Labute approximate surface area is 129 Å². The van der Waals surface area contributed by atoms with Crippen molar-refractivity contribution in [3.05, 3.63) is 23.8 Å². The first-order valence-corrected chi connectivity index (χ1v) is 9.18. The van der Waals surface area contributed by atoms with E-state index < -0.39 is 16.0 Å². The quantitative estimate of drug-likeness (QED) is 0.738. The molecule has 0 bridgehead atoms. The summed E-state index contributed by atoms with van der Waals surface area (Å²) >= 11 is 1.57. The molecule has 6 nitrogen and oxygen atoms in total. The summed E-state index contributed by atoms with van der Waals surface area (Å²) in [5, 5.41) is 8.89. The second-order valence-corrected chi connectivity index (χ2v) is 7.47. The summed E-state index contributed by atoms with van der Waals surface area (Å²) < 4.78 is 26.5. The number of sulfonamides is 1. The van der Waals surface area contributed by atoms with Gasteiger partial charge in [-0.3, -0.25) is 0 Å². The lowest BCUT2D eigenvalue weighted by molar-refractivity contribution is 0.0697. The smallest absolute Gasteiger partial charge is 0.335 e. The molecule has 0 saturated heterocycles. The zero-order chi connectivity index (χ0) is 16.2. The molecule has 0 fully saturated rings. The Hall–Kier alpha value is -1.25. The third kappa shape index (κ3) is 3.90. The number of nitrogens with two attached hydrogens (primary N) is 1. The van der Waals surface area contributed by atoms with Gasteiger partial charge in [-0.05, 0) is 30.9 Å². The van der Waals surface area contributed by atoms with Crippen LogP contribution in [0.25, 0.3) is 0 Å². The average Bonchev–Trinajstić information content (AvgIpc) is 2.43. The Bertz CT molecular complexity index is 617. The summed E-state index contributed by atoms with van der Waals surface area (Å²) in [5.41, 5.74) is 5.63. The minimum Gasteiger partial charge on any atom is -0.478 e. The molecule has 0 aromatic heterocycles. The number of hydrogen-bond acceptors (Lipinski definition) is 5. The number of rotatable bonds is 7. The van der Waals surface area contributed by atoms with Gasteiger partial charge in [-0.1, -0.05) is 6.92 Å². The lowest BCUT2D eigenvalue weighted by Crippen LogP contribution is -2.38. The molecule has 0 radical (unpaired) electrons. The van der Waals surface area contributed by atoms with E-state index in [2.05, 4.69) is 0 Å². The average molecular weight is 332 g/mol. The maximum atomic E-state index is 12.6. The largest absolute Gasteiger partial charge is 0.478 e. The third-order valence-corrected chi connectivity index (χ3v) is 5.96. The first-order chi connectivity index (χ1) is 9.75. The van der Waals surface area contributed by atoms with Gasteiger partial charge in [0, 0.05) is 18.8 Å². The summed E-state index contributed by atoms with van der Waals surface area (Å²) in [6.45, 7) is 1.92. The van der Waals surface area contributed by atoms with Gasteiger partial charge in [-0.25, -0.2) is 13.2 Å². The molecule has 3 N–H and O–H groups in total. The highest BCUT2D eigenvalue weighted by Gasteiger charge is 2.28. The van der Waals surface area contributed by atoms with Gasteiger partial charge in [0.2, 0.25) is 10.0 Å². The van der Waals surface area contributed by atoms with Gasteiger partial charge < -0.3 is 10.8 Å². The third-order valence-electron chi connectivity index (χ3n) is 3.26. The van der Waals surface area contributed by atoms with Crippen LogP contribution in [0.5, 0.6) is 0 Å². The van der Waals surface area contributed by atoms with Crippen molar-refractivity contribution in [1.82, 2.24) is 4.31 Å². The fourth-order valence-corrected chi connectivity index (χ4v) is 4.40. The van der Waals surface area contributed by atoms with Crippen molar-refractivity contribution < 1.29 is 18.3 Å². The standard InChI is InChI=1S/C13H20N2O4S2/c1-4-10(8-20-3)15(2)21(18,19)12-6-5-9(13(16)17)7-11(12)14/h5-7,10H,4,8,14H2,1-3H3,(H,16,17). The predicted octanol–water partition coefficient (Wildman–Crippen LogP) is 1.73. The summed E-state index contributed by atoms with van der Waals surface area (Å²) in [6.07, 6.45) is 2.60. The van der Waals surface area contributed by atoms with E-state index in [4.69, 9.17) is 10.8 Å². The zero-order valence-corrected chi connectivity index (χ0v) is 13.9. The molecule has 1 atom stereocenters. The van der Waals surface area contributed by atoms with Crippen LogP contribution in [0.1, 0.15) is 23.7 Å². The highest BCUT2D eigenvalue weighted by molar-refractivity contribution is 7.98. The van der Waals surface area contributed by atoms with E-state index in [1.54, 1.807) is 11.8 Å². The van der Waals surface area contributed by atoms with Crippen molar-refractivity contribution in [1.29, 1.82) is 0 Å². The van der Waals surface area contributed by atoms with E-state index in [0.717, 1.165) is 0 Å². The van der Waals surface area contributed by atoms with E-state index >= 15 is 0 Å². The summed E-state index contributed by atoms with van der Waals surface area (Å²) in [5.74, 6) is -0.466. The van der Waals surface area contributed by atoms with E-state index in [9.17, 15) is 13.2 Å². The Morgan fingerprint density at radius 3 is 2.52 bits per heavy atom. The van der Waals surface area contributed by atoms with Gasteiger partial charge >= 0.3 is 5.97 Å². The SMILES string of the molecule is CCC(CSC)N(C)S(=O)(=O)c1ccc(C(=O)O)cc1N. The van der Waals surface area contributed by atoms with Crippen LogP contribution in [0.2, 0.25) is 0 Å². The van der Waals surface area contributed by atoms with Crippen molar-refractivity contribution in [2.24, 2.45) is 0 Å². The van der Waals surface area contributed by atoms with E-state index in [0.29, 0.717) is 12.2 Å². The number of nitrogen functional groups attached to an aromatic ring is 1. The molecule has 0 amide bonds. The van der Waals surface area contributed by atoms with E-state index in [-0.39, 0.29) is 22.2 Å². The van der Waals surface area contributed by atoms with Crippen LogP contribution in [0, 0.1) is 0 Å². The summed E-state index contributed by atoms with van der Waals surface area (Å²) in [6, 6.07) is 3.52. The second kappa shape index (κ2) is 7.15. The number of thioether (sulfide) groups is 1. The number of carbonyl (C=O) groups is 1. The molecule has 21 heavy (non-hydrogen) atoms. The van der Waals surface area contributed by atoms with Crippen LogP contribution in [-0.4, -0.2) is 48.9 Å². The zero-order valence-electron chi connectivity index (χ0n) is 12.2. The van der Waals surface area contributed by atoms with Crippen molar-refractivity contribution in [2.45, 2.75) is 24.3 Å². The van der Waals surface area contributed by atoms with Crippen LogP contribution in [-0.2, 0) is 10.0 Å². The molecule has 1 unspecified atom stereocenters. The van der Waals surface area contributed by atoms with Crippen molar-refractivity contribution in [2.75, 3.05) is 24.8 Å². The first kappa shape index (κ1) is 17.8. The van der Waals surface area contributed by atoms with Crippen LogP contribution in [0.3, 0.4) is 0 Å². The number of carboxylic acid groups (broad SMARTS) is 1. The molecule has 0 spiro atoms. The number of anilines is 1. The molecule has 0 saturated carbocycles. The molecule has 1 rings (SSSR count). The van der Waals surface area contributed by atoms with E-state index in [1.807, 2.05) is 13.2 Å². The highest BCUT2D eigenvalue weighted by Crippen LogP contribution is 2.25. The minimum absolute atomic E-state index is 0.0368. The van der Waals surface area contributed by atoms with Crippen LogP contribution in [0.15, 0.2) is 23.1 Å². The van der Waals surface area contributed by atoms with Gasteiger partial charge in [-0.15, -0.1) is 0 Å². The molecule has 1 aromatic rings. The van der Waals surface area contributed by atoms with Gasteiger partial charge in [0.05, 0.1) is 11.3 Å². The lowest BCUT2D eigenvalue weighted by atomic mass is 10.2. The fourth-order valence-electron chi connectivity index (χ4n) is 1.94. The fraction of sp³-hybridized carbons (Fsp3) is 0.462. The van der Waals surface area contributed by atoms with Crippen molar-refractivity contribution in [3.63, 3.8) is 0 Å². The highest BCUT2D eigenvalue weighted by atomic mass is 32.2. The molecular weight excluding hydrogens is 312 g/mol. The lowest BCUT2D eigenvalue weighted by Gasteiger charge is -2.26. The number of carboxylic acids is 1. The van der Waals surface area contributed by atoms with Crippen LogP contribution < -0.4 is 5.73 Å².